The van der Waals surface area contributed by atoms with Crippen molar-refractivity contribution in [3.8, 4) is 0 Å². The molecule has 0 bridgehead atoms. The first-order valence-electron chi connectivity index (χ1n) is 5.18. The first-order valence-corrected chi connectivity index (χ1v) is 5.18. The molecule has 1 rings (SSSR count). The van der Waals surface area contributed by atoms with Crippen molar-refractivity contribution in [2.45, 2.75) is 38.7 Å². The van der Waals surface area contributed by atoms with Crippen molar-refractivity contribution in [2.75, 3.05) is 0 Å². The van der Waals surface area contributed by atoms with Gasteiger partial charge in [-0.2, -0.15) is 0 Å². The number of aliphatic carboxylic acids is 1. The highest BCUT2D eigenvalue weighted by Crippen LogP contribution is 2.20. The van der Waals surface area contributed by atoms with Gasteiger partial charge in [-0.1, -0.05) is 6.92 Å². The Labute approximate surface area is 93.1 Å². The summed E-state index contributed by atoms with van der Waals surface area (Å²) in [6.45, 7) is 1.85. The molecule has 0 aromatic rings. The summed E-state index contributed by atoms with van der Waals surface area (Å²) >= 11 is 0. The van der Waals surface area contributed by atoms with Gasteiger partial charge in [-0.25, -0.2) is 0 Å². The molecule has 16 heavy (non-hydrogen) atoms. The molecule has 5 nitrogen and oxygen atoms in total. The molecule has 0 aromatic carbocycles. The summed E-state index contributed by atoms with van der Waals surface area (Å²) in [4.78, 5) is 32.9. The fraction of sp³-hybridized carbons (Fsp3) is 0.545. The molecule has 0 unspecified atom stereocenters. The van der Waals surface area contributed by atoms with Gasteiger partial charge in [-0.05, 0) is 12.5 Å². The molecule has 0 spiro atoms. The van der Waals surface area contributed by atoms with Gasteiger partial charge in [0.2, 0.25) is 0 Å². The van der Waals surface area contributed by atoms with Crippen LogP contribution in [0.2, 0.25) is 0 Å². The maximum absolute atomic E-state index is 11.3. The van der Waals surface area contributed by atoms with Crippen LogP contribution in [-0.2, 0) is 19.1 Å². The lowest BCUT2D eigenvalue weighted by Crippen LogP contribution is -2.14. The van der Waals surface area contributed by atoms with Crippen LogP contribution in [0.25, 0.3) is 0 Å². The third-order valence-electron chi connectivity index (χ3n) is 2.21. The average Bonchev–Trinajstić information content (AvgIpc) is 2.45. The second-order valence-corrected chi connectivity index (χ2v) is 3.67. The van der Waals surface area contributed by atoms with Gasteiger partial charge in [0, 0.05) is 12.0 Å². The van der Waals surface area contributed by atoms with Gasteiger partial charge >= 0.3 is 11.9 Å². The third-order valence-corrected chi connectivity index (χ3v) is 2.21. The zero-order valence-corrected chi connectivity index (χ0v) is 9.06. The predicted octanol–water partition coefficient (Wildman–Crippen LogP) is 1.07. The summed E-state index contributed by atoms with van der Waals surface area (Å²) in [5.41, 5.74) is 0.224. The smallest absolute Gasteiger partial charge is 0.307 e. The lowest BCUT2D eigenvalue weighted by atomic mass is 10.1. The van der Waals surface area contributed by atoms with Crippen molar-refractivity contribution >= 4 is 17.7 Å². The highest BCUT2D eigenvalue weighted by Gasteiger charge is 2.27. The number of hydrogen-bond acceptors (Lipinski definition) is 4. The topological polar surface area (TPSA) is 80.7 Å². The van der Waals surface area contributed by atoms with Crippen LogP contribution in [0.1, 0.15) is 32.6 Å². The number of esters is 1. The van der Waals surface area contributed by atoms with Crippen LogP contribution in [0.5, 0.6) is 0 Å². The van der Waals surface area contributed by atoms with E-state index in [2.05, 4.69) is 0 Å². The minimum absolute atomic E-state index is 0.0675. The lowest BCUT2D eigenvalue weighted by Gasteiger charge is -2.07. The minimum atomic E-state index is -1.06. The summed E-state index contributed by atoms with van der Waals surface area (Å²) in [5.74, 6) is -1.66. The van der Waals surface area contributed by atoms with E-state index in [9.17, 15) is 14.4 Å². The molecule has 0 radical (unpaired) electrons. The Hall–Kier alpha value is -1.65. The van der Waals surface area contributed by atoms with Crippen molar-refractivity contribution in [1.82, 2.24) is 0 Å². The number of carboxylic acids is 1. The van der Waals surface area contributed by atoms with Gasteiger partial charge in [0.25, 0.3) is 0 Å². The molecule has 0 heterocycles. The van der Waals surface area contributed by atoms with Gasteiger partial charge < -0.3 is 9.84 Å². The Morgan fingerprint density at radius 1 is 1.56 bits per heavy atom. The molecule has 88 valence electrons. The maximum atomic E-state index is 11.3. The van der Waals surface area contributed by atoms with Crippen LogP contribution >= 0.6 is 0 Å². The van der Waals surface area contributed by atoms with Crippen LogP contribution < -0.4 is 0 Å². The normalized spacial score (nSPS) is 19.4. The number of carboxylic acid groups (broad SMARTS) is 1. The molecule has 1 aliphatic rings. The number of rotatable bonds is 5. The van der Waals surface area contributed by atoms with Gasteiger partial charge in [0.15, 0.2) is 5.78 Å². The maximum Gasteiger partial charge on any atom is 0.307 e. The molecule has 1 N–H and O–H groups in total. The van der Waals surface area contributed by atoms with Crippen LogP contribution in [0.15, 0.2) is 11.6 Å². The summed E-state index contributed by atoms with van der Waals surface area (Å²) in [7, 11) is 0. The second-order valence-electron chi connectivity index (χ2n) is 3.67. The largest absolute Gasteiger partial charge is 0.481 e. The van der Waals surface area contributed by atoms with Gasteiger partial charge in [-0.3, -0.25) is 14.4 Å². The first kappa shape index (κ1) is 12.4. The zero-order valence-electron chi connectivity index (χ0n) is 9.06. The average molecular weight is 226 g/mol. The van der Waals surface area contributed by atoms with Gasteiger partial charge in [-0.15, -0.1) is 0 Å². The third kappa shape index (κ3) is 3.49. The fourth-order valence-corrected chi connectivity index (χ4v) is 1.52. The Morgan fingerprint density at radius 2 is 2.25 bits per heavy atom. The van der Waals surface area contributed by atoms with Crippen molar-refractivity contribution in [1.29, 1.82) is 0 Å². The van der Waals surface area contributed by atoms with Crippen LogP contribution in [0.4, 0.5) is 0 Å². The fourth-order valence-electron chi connectivity index (χ4n) is 1.52. The number of carbonyl (C=O) groups excluding carboxylic acids is 2. The van der Waals surface area contributed by atoms with Crippen molar-refractivity contribution < 1.29 is 24.2 Å². The number of hydrogen-bond donors (Lipinski definition) is 1. The molecule has 0 saturated heterocycles. The molecule has 0 amide bonds. The Bertz CT molecular complexity index is 342. The summed E-state index contributed by atoms with van der Waals surface area (Å²) in [5, 5.41) is 8.54. The van der Waals surface area contributed by atoms with E-state index >= 15 is 0 Å². The number of ketones is 1. The van der Waals surface area contributed by atoms with Crippen molar-refractivity contribution in [2.24, 2.45) is 0 Å². The summed E-state index contributed by atoms with van der Waals surface area (Å²) < 4.78 is 5.00. The van der Waals surface area contributed by atoms with E-state index in [4.69, 9.17) is 9.84 Å². The highest BCUT2D eigenvalue weighted by atomic mass is 16.5. The standard InChI is InChI=1S/C11H14O5/c1-2-3-11(15)16-8-4-7(5-10(13)14)9(12)6-8/h4,8H,2-3,5-6H2,1H3,(H,13,14)/t8-/m0/s1. The molecule has 0 aliphatic heterocycles. The van der Waals surface area contributed by atoms with E-state index in [1.54, 1.807) is 0 Å². The molecule has 0 fully saturated rings. The quantitative estimate of drug-likeness (QED) is 0.709. The molecule has 1 aliphatic carbocycles. The second kappa shape index (κ2) is 5.44. The number of carbonyl (C=O) groups is 3. The number of ether oxygens (including phenoxy) is 1. The predicted molar refractivity (Wildman–Crippen MR) is 54.7 cm³/mol. The van der Waals surface area contributed by atoms with Crippen molar-refractivity contribution in [3.63, 3.8) is 0 Å². The van der Waals surface area contributed by atoms with E-state index in [-0.39, 0.29) is 30.2 Å². The molecule has 1 atom stereocenters. The monoisotopic (exact) mass is 226 g/mol. The molecule has 0 saturated carbocycles. The Balaban J connectivity index is 2.53. The van der Waals surface area contributed by atoms with Gasteiger partial charge in [0.1, 0.15) is 6.10 Å². The molecular formula is C11H14O5. The summed E-state index contributed by atoms with van der Waals surface area (Å²) in [6.07, 6.45) is 1.61. The van der Waals surface area contributed by atoms with Crippen LogP contribution in [0, 0.1) is 0 Å². The van der Waals surface area contributed by atoms with Crippen LogP contribution in [-0.4, -0.2) is 28.9 Å². The minimum Gasteiger partial charge on any atom is -0.481 e. The SMILES string of the molecule is CCCC(=O)O[C@H]1C=C(CC(=O)O)C(=O)C1. The zero-order chi connectivity index (χ0) is 12.1. The van der Waals surface area contributed by atoms with E-state index < -0.39 is 12.1 Å². The van der Waals surface area contributed by atoms with Gasteiger partial charge in [0.05, 0.1) is 12.8 Å². The molecular weight excluding hydrogens is 212 g/mol. The van der Waals surface area contributed by atoms with Crippen LogP contribution in [0.3, 0.4) is 0 Å². The highest BCUT2D eigenvalue weighted by molar-refractivity contribution is 6.01. The van der Waals surface area contributed by atoms with E-state index in [0.717, 1.165) is 0 Å². The number of Topliss-reactive ketones (excluding diaryl/α,β-unsaturated/α-hetero) is 1. The molecule has 5 heteroatoms. The van der Waals surface area contributed by atoms with E-state index in [1.807, 2.05) is 6.92 Å². The van der Waals surface area contributed by atoms with E-state index in [1.165, 1.54) is 6.08 Å². The lowest BCUT2D eigenvalue weighted by molar-refractivity contribution is -0.147. The van der Waals surface area contributed by atoms with E-state index in [0.29, 0.717) is 12.8 Å². The first-order chi connectivity index (χ1) is 7.52. The Kier molecular flexibility index (Phi) is 4.22. The molecule has 0 aromatic heterocycles. The van der Waals surface area contributed by atoms with Crippen molar-refractivity contribution in [3.05, 3.63) is 11.6 Å². The Morgan fingerprint density at radius 3 is 2.81 bits per heavy atom. The summed E-state index contributed by atoms with van der Waals surface area (Å²) in [6, 6.07) is 0.